The highest BCUT2D eigenvalue weighted by Gasteiger charge is 2.29. The summed E-state index contributed by atoms with van der Waals surface area (Å²) in [5.41, 5.74) is 1.48. The number of rotatable bonds is 10. The Morgan fingerprint density at radius 2 is 1.72 bits per heavy atom. The molecule has 198 valence electrons. The number of anilines is 1. The monoisotopic (exact) mass is 555 g/mol. The van der Waals surface area contributed by atoms with Crippen molar-refractivity contribution < 1.29 is 18.0 Å². The quantitative estimate of drug-likeness (QED) is 0.437. The second kappa shape index (κ2) is 12.3. The van der Waals surface area contributed by atoms with E-state index in [0.29, 0.717) is 15.7 Å². The first-order valence-electron chi connectivity index (χ1n) is 11.7. The van der Waals surface area contributed by atoms with Gasteiger partial charge in [-0.25, -0.2) is 8.42 Å². The number of aryl methyl sites for hydroxylation is 1. The summed E-state index contributed by atoms with van der Waals surface area (Å²) >= 11 is 12.4. The lowest BCUT2D eigenvalue weighted by atomic mass is 10.1. The lowest BCUT2D eigenvalue weighted by Crippen LogP contribution is -2.52. The van der Waals surface area contributed by atoms with Crippen LogP contribution in [0.25, 0.3) is 0 Å². The maximum absolute atomic E-state index is 13.4. The molecule has 0 heterocycles. The van der Waals surface area contributed by atoms with E-state index >= 15 is 0 Å². The summed E-state index contributed by atoms with van der Waals surface area (Å²) in [6, 6.07) is 11.5. The van der Waals surface area contributed by atoms with Crippen LogP contribution in [0, 0.1) is 6.92 Å². The van der Waals surface area contributed by atoms with Gasteiger partial charge in [0.2, 0.25) is 21.8 Å². The van der Waals surface area contributed by atoms with Gasteiger partial charge >= 0.3 is 0 Å². The van der Waals surface area contributed by atoms with E-state index in [1.807, 2.05) is 32.9 Å². The highest BCUT2D eigenvalue weighted by Crippen LogP contribution is 2.27. The van der Waals surface area contributed by atoms with Gasteiger partial charge in [0.15, 0.2) is 0 Å². The third-order valence-electron chi connectivity index (χ3n) is 5.56. The molecular weight excluding hydrogens is 521 g/mol. The van der Waals surface area contributed by atoms with Gasteiger partial charge in [-0.15, -0.1) is 0 Å². The predicted octanol–water partition coefficient (Wildman–Crippen LogP) is 5.18. The molecular formula is C26H35Cl2N3O4S. The Kier molecular flexibility index (Phi) is 10.2. The van der Waals surface area contributed by atoms with Crippen LogP contribution in [0.1, 0.15) is 51.7 Å². The molecule has 10 heteroatoms. The number of hydrogen-bond acceptors (Lipinski definition) is 4. The van der Waals surface area contributed by atoms with Crippen molar-refractivity contribution in [2.24, 2.45) is 0 Å². The Balaban J connectivity index is 2.24. The second-order valence-electron chi connectivity index (χ2n) is 9.90. The Labute approximate surface area is 224 Å². The second-order valence-corrected chi connectivity index (χ2v) is 12.6. The minimum atomic E-state index is -3.61. The van der Waals surface area contributed by atoms with Crippen molar-refractivity contribution >= 4 is 50.7 Å². The summed E-state index contributed by atoms with van der Waals surface area (Å²) in [7, 11) is -3.61. The molecule has 0 aliphatic heterocycles. The maximum atomic E-state index is 13.4. The third kappa shape index (κ3) is 8.68. The molecule has 2 amide bonds. The van der Waals surface area contributed by atoms with Gasteiger partial charge in [0.25, 0.3) is 0 Å². The van der Waals surface area contributed by atoms with Crippen LogP contribution >= 0.6 is 23.2 Å². The molecule has 0 fully saturated rings. The zero-order chi connectivity index (χ0) is 27.3. The van der Waals surface area contributed by atoms with Crippen molar-refractivity contribution in [3.63, 3.8) is 0 Å². The highest BCUT2D eigenvalue weighted by atomic mass is 35.5. The molecule has 1 unspecified atom stereocenters. The fourth-order valence-electron chi connectivity index (χ4n) is 3.70. The van der Waals surface area contributed by atoms with Gasteiger partial charge < -0.3 is 10.2 Å². The zero-order valence-corrected chi connectivity index (χ0v) is 24.0. The maximum Gasteiger partial charge on any atom is 0.242 e. The van der Waals surface area contributed by atoms with E-state index in [4.69, 9.17) is 23.2 Å². The Hall–Kier alpha value is -2.29. The van der Waals surface area contributed by atoms with Crippen LogP contribution in [0.3, 0.4) is 0 Å². The van der Waals surface area contributed by atoms with Gasteiger partial charge in [-0.3, -0.25) is 13.9 Å². The van der Waals surface area contributed by atoms with Gasteiger partial charge in [0.1, 0.15) is 6.04 Å². The molecule has 0 bridgehead atoms. The topological polar surface area (TPSA) is 86.8 Å². The van der Waals surface area contributed by atoms with Crippen LogP contribution in [-0.2, 0) is 26.2 Å². The molecule has 36 heavy (non-hydrogen) atoms. The van der Waals surface area contributed by atoms with Crippen molar-refractivity contribution in [3.8, 4) is 0 Å². The van der Waals surface area contributed by atoms with Crippen molar-refractivity contribution in [2.45, 2.75) is 65.6 Å². The number of halogens is 2. The number of nitrogens with one attached hydrogen (secondary N) is 1. The first-order valence-corrected chi connectivity index (χ1v) is 14.3. The van der Waals surface area contributed by atoms with Gasteiger partial charge in [-0.05, 0) is 70.4 Å². The third-order valence-corrected chi connectivity index (χ3v) is 7.34. The molecule has 0 saturated heterocycles. The smallest absolute Gasteiger partial charge is 0.242 e. The van der Waals surface area contributed by atoms with Crippen LogP contribution in [-0.4, -0.2) is 49.5 Å². The molecule has 0 radical (unpaired) electrons. The average molecular weight is 557 g/mol. The molecule has 1 atom stereocenters. The molecule has 0 aromatic heterocycles. The van der Waals surface area contributed by atoms with Gasteiger partial charge in [-0.1, -0.05) is 47.5 Å². The molecule has 0 spiro atoms. The lowest BCUT2D eigenvalue weighted by molar-refractivity contribution is -0.141. The van der Waals surface area contributed by atoms with E-state index in [9.17, 15) is 18.0 Å². The number of carbonyl (C=O) groups excluding carboxylic acids is 2. The van der Waals surface area contributed by atoms with E-state index in [-0.39, 0.29) is 37.7 Å². The minimum Gasteiger partial charge on any atom is -0.350 e. The summed E-state index contributed by atoms with van der Waals surface area (Å²) in [5.74, 6) is -0.557. The molecule has 7 nitrogen and oxygen atoms in total. The van der Waals surface area contributed by atoms with E-state index < -0.39 is 21.6 Å². The van der Waals surface area contributed by atoms with Crippen molar-refractivity contribution in [1.29, 1.82) is 0 Å². The van der Waals surface area contributed by atoms with E-state index in [1.165, 1.54) is 9.21 Å². The Morgan fingerprint density at radius 1 is 1.08 bits per heavy atom. The Bertz CT molecular complexity index is 1200. The SMILES string of the molecule is Cc1ccc(Cl)cc1N(CCCC(=O)N(Cc1ccccc1Cl)C(C)C(=O)NC(C)(C)C)S(C)(=O)=O. The number of amides is 2. The number of carbonyl (C=O) groups is 2. The largest absolute Gasteiger partial charge is 0.350 e. The molecule has 0 aliphatic carbocycles. The van der Waals surface area contributed by atoms with Crippen LogP contribution in [0.4, 0.5) is 5.69 Å². The fourth-order valence-corrected chi connectivity index (χ4v) is 5.08. The summed E-state index contributed by atoms with van der Waals surface area (Å²) in [6.45, 7) is 9.33. The predicted molar refractivity (Wildman–Crippen MR) is 147 cm³/mol. The van der Waals surface area contributed by atoms with Crippen LogP contribution in [0.5, 0.6) is 0 Å². The molecule has 1 N–H and O–H groups in total. The van der Waals surface area contributed by atoms with Gasteiger partial charge in [0.05, 0.1) is 11.9 Å². The summed E-state index contributed by atoms with van der Waals surface area (Å²) in [6.07, 6.45) is 1.42. The van der Waals surface area contributed by atoms with Crippen molar-refractivity contribution in [2.75, 3.05) is 17.1 Å². The van der Waals surface area contributed by atoms with Crippen molar-refractivity contribution in [1.82, 2.24) is 10.2 Å². The first-order chi connectivity index (χ1) is 16.6. The van der Waals surface area contributed by atoms with E-state index in [1.54, 1.807) is 44.2 Å². The average Bonchev–Trinajstić information content (AvgIpc) is 2.75. The number of benzene rings is 2. The van der Waals surface area contributed by atoms with Crippen LogP contribution < -0.4 is 9.62 Å². The number of sulfonamides is 1. The molecule has 2 aromatic carbocycles. The number of nitrogens with zero attached hydrogens (tertiary/aromatic N) is 2. The van der Waals surface area contributed by atoms with Gasteiger partial charge in [0, 0.05) is 35.1 Å². The summed E-state index contributed by atoms with van der Waals surface area (Å²) in [4.78, 5) is 27.8. The van der Waals surface area contributed by atoms with Crippen molar-refractivity contribution in [3.05, 3.63) is 63.6 Å². The van der Waals surface area contributed by atoms with E-state index in [0.717, 1.165) is 17.4 Å². The normalized spacial score (nSPS) is 12.7. The first kappa shape index (κ1) is 29.9. The molecule has 2 rings (SSSR count). The van der Waals surface area contributed by atoms with Crippen LogP contribution in [0.2, 0.25) is 10.0 Å². The minimum absolute atomic E-state index is 0.0449. The van der Waals surface area contributed by atoms with Gasteiger partial charge in [-0.2, -0.15) is 0 Å². The zero-order valence-electron chi connectivity index (χ0n) is 21.6. The van der Waals surface area contributed by atoms with Crippen LogP contribution in [0.15, 0.2) is 42.5 Å². The van der Waals surface area contributed by atoms with E-state index in [2.05, 4.69) is 5.32 Å². The number of hydrogen-bond donors (Lipinski definition) is 1. The molecule has 2 aromatic rings. The Morgan fingerprint density at radius 3 is 2.31 bits per heavy atom. The molecule has 0 saturated carbocycles. The summed E-state index contributed by atoms with van der Waals surface area (Å²) < 4.78 is 26.3. The lowest BCUT2D eigenvalue weighted by Gasteiger charge is -2.32. The standard InChI is InChI=1S/C26H35Cl2N3O4S/c1-18-13-14-21(27)16-23(18)31(36(6,34)35)15-9-12-24(32)30(17-20-10-7-8-11-22(20)28)19(2)25(33)29-26(3,4)5/h7-8,10-11,13-14,16,19H,9,12,15,17H2,1-6H3,(H,29,33). The fraction of sp³-hybridized carbons (Fsp3) is 0.462. The summed E-state index contributed by atoms with van der Waals surface area (Å²) in [5, 5.41) is 3.84. The molecule has 0 aliphatic rings. The highest BCUT2D eigenvalue weighted by molar-refractivity contribution is 7.92.